The van der Waals surface area contributed by atoms with Crippen molar-refractivity contribution in [3.63, 3.8) is 0 Å². The molecule has 0 radical (unpaired) electrons. The van der Waals surface area contributed by atoms with Crippen molar-refractivity contribution in [2.45, 2.75) is 6.92 Å². The van der Waals surface area contributed by atoms with Crippen molar-refractivity contribution in [3.05, 3.63) is 36.0 Å². The normalized spacial score (nSPS) is 10.6. The molecule has 0 fully saturated rings. The Bertz CT molecular complexity index is 282. The second kappa shape index (κ2) is 5.02. The van der Waals surface area contributed by atoms with Crippen LogP contribution >= 0.6 is 0 Å². The quantitative estimate of drug-likeness (QED) is 0.440. The van der Waals surface area contributed by atoms with Crippen molar-refractivity contribution in [3.8, 4) is 12.1 Å². The summed E-state index contributed by atoms with van der Waals surface area (Å²) in [4.78, 5) is 0. The van der Waals surface area contributed by atoms with Crippen LogP contribution in [0.15, 0.2) is 36.0 Å². The fourth-order valence-electron chi connectivity index (χ4n) is 0.517. The molecule has 0 saturated heterocycles. The second-order valence-electron chi connectivity index (χ2n) is 1.85. The van der Waals surface area contributed by atoms with E-state index in [4.69, 9.17) is 10.5 Å². The molecular formula is C9H8N2. The standard InChI is InChI=1S/C9H8N2/c1-3-4-9(7-11)5-8(2)6-10/h3-5H,2H2,1H3/b4-3-,9-5+. The Kier molecular flexibility index (Phi) is 4.20. The average molecular weight is 144 g/mol. The van der Waals surface area contributed by atoms with E-state index in [-0.39, 0.29) is 0 Å². The van der Waals surface area contributed by atoms with Crippen LogP contribution in [0.25, 0.3) is 0 Å². The lowest BCUT2D eigenvalue weighted by atomic mass is 10.2. The molecule has 11 heavy (non-hydrogen) atoms. The molecular weight excluding hydrogens is 136 g/mol. The zero-order chi connectivity index (χ0) is 8.69. The molecule has 0 aromatic rings. The summed E-state index contributed by atoms with van der Waals surface area (Å²) in [5, 5.41) is 16.8. The number of allylic oxidation sites excluding steroid dienone is 5. The van der Waals surface area contributed by atoms with Crippen LogP contribution in [-0.4, -0.2) is 0 Å². The van der Waals surface area contributed by atoms with E-state index in [2.05, 4.69) is 6.58 Å². The van der Waals surface area contributed by atoms with Gasteiger partial charge in [-0.2, -0.15) is 10.5 Å². The average Bonchev–Trinajstić information content (AvgIpc) is 2.03. The van der Waals surface area contributed by atoms with Crippen LogP contribution in [0.2, 0.25) is 0 Å². The first kappa shape index (κ1) is 9.20. The molecule has 0 rings (SSSR count). The van der Waals surface area contributed by atoms with Crippen LogP contribution < -0.4 is 0 Å². The number of hydrogen-bond acceptors (Lipinski definition) is 2. The maximum Gasteiger partial charge on any atom is 0.0991 e. The van der Waals surface area contributed by atoms with Gasteiger partial charge in [0.15, 0.2) is 0 Å². The molecule has 0 unspecified atom stereocenters. The molecule has 0 aromatic carbocycles. The Morgan fingerprint density at radius 1 is 1.36 bits per heavy atom. The molecule has 0 aromatic heterocycles. The summed E-state index contributed by atoms with van der Waals surface area (Å²) in [6.45, 7) is 5.23. The third kappa shape index (κ3) is 3.72. The molecule has 0 aliphatic rings. The Hall–Kier alpha value is -1.80. The monoisotopic (exact) mass is 144 g/mol. The Labute approximate surface area is 66.4 Å². The van der Waals surface area contributed by atoms with Gasteiger partial charge in [-0.3, -0.25) is 0 Å². The summed E-state index contributed by atoms with van der Waals surface area (Å²) in [6.07, 6.45) is 4.81. The molecule has 0 aliphatic carbocycles. The maximum absolute atomic E-state index is 8.48. The molecule has 0 N–H and O–H groups in total. The van der Waals surface area contributed by atoms with Gasteiger partial charge in [-0.15, -0.1) is 0 Å². The van der Waals surface area contributed by atoms with Crippen LogP contribution in [0.1, 0.15) is 6.92 Å². The highest BCUT2D eigenvalue weighted by atomic mass is 14.2. The van der Waals surface area contributed by atoms with Gasteiger partial charge >= 0.3 is 0 Å². The summed E-state index contributed by atoms with van der Waals surface area (Å²) >= 11 is 0. The van der Waals surface area contributed by atoms with Gasteiger partial charge in [-0.25, -0.2) is 0 Å². The van der Waals surface area contributed by atoms with Crippen LogP contribution in [0.3, 0.4) is 0 Å². The predicted molar refractivity (Wildman–Crippen MR) is 43.3 cm³/mol. The number of nitriles is 2. The van der Waals surface area contributed by atoms with Gasteiger partial charge in [0, 0.05) is 5.57 Å². The second-order valence-corrected chi connectivity index (χ2v) is 1.85. The molecule has 54 valence electrons. The van der Waals surface area contributed by atoms with Crippen LogP contribution in [0.5, 0.6) is 0 Å². The minimum atomic E-state index is 0.291. The lowest BCUT2D eigenvalue weighted by Gasteiger charge is -1.84. The Morgan fingerprint density at radius 3 is 2.36 bits per heavy atom. The van der Waals surface area contributed by atoms with E-state index in [1.807, 2.05) is 12.1 Å². The third-order valence-corrected chi connectivity index (χ3v) is 0.949. The van der Waals surface area contributed by atoms with Crippen molar-refractivity contribution < 1.29 is 0 Å². The first-order valence-electron chi connectivity index (χ1n) is 3.08. The van der Waals surface area contributed by atoms with Crippen molar-refractivity contribution in [2.75, 3.05) is 0 Å². The Morgan fingerprint density at radius 2 is 2.00 bits per heavy atom. The van der Waals surface area contributed by atoms with E-state index in [0.717, 1.165) is 0 Å². The van der Waals surface area contributed by atoms with Crippen molar-refractivity contribution >= 4 is 0 Å². The molecule has 0 saturated carbocycles. The van der Waals surface area contributed by atoms with Crippen LogP contribution in [0.4, 0.5) is 0 Å². The third-order valence-electron chi connectivity index (χ3n) is 0.949. The summed E-state index contributed by atoms with van der Waals surface area (Å²) < 4.78 is 0. The van der Waals surface area contributed by atoms with Crippen LogP contribution in [-0.2, 0) is 0 Å². The zero-order valence-electron chi connectivity index (χ0n) is 6.33. The number of hydrogen-bond donors (Lipinski definition) is 0. The molecule has 2 heteroatoms. The van der Waals surface area contributed by atoms with Crippen molar-refractivity contribution in [1.82, 2.24) is 0 Å². The van der Waals surface area contributed by atoms with Gasteiger partial charge in [0.2, 0.25) is 0 Å². The first-order valence-corrected chi connectivity index (χ1v) is 3.08. The smallest absolute Gasteiger partial charge is 0.0991 e. The van der Waals surface area contributed by atoms with E-state index >= 15 is 0 Å². The van der Waals surface area contributed by atoms with E-state index in [1.54, 1.807) is 19.1 Å². The molecule has 0 amide bonds. The van der Waals surface area contributed by atoms with E-state index in [9.17, 15) is 0 Å². The SMILES string of the molecule is C=C(C#N)/C=C(C#N)\C=C/C. The summed E-state index contributed by atoms with van der Waals surface area (Å²) in [5.74, 6) is 0. The van der Waals surface area contributed by atoms with Gasteiger partial charge in [-0.05, 0) is 19.1 Å². The molecule has 0 bridgehead atoms. The lowest BCUT2D eigenvalue weighted by molar-refractivity contribution is 1.47. The summed E-state index contributed by atoms with van der Waals surface area (Å²) in [6, 6.07) is 3.76. The fraction of sp³-hybridized carbons (Fsp3) is 0.111. The molecule has 0 heterocycles. The van der Waals surface area contributed by atoms with Crippen molar-refractivity contribution in [1.29, 1.82) is 10.5 Å². The van der Waals surface area contributed by atoms with Gasteiger partial charge in [0.25, 0.3) is 0 Å². The first-order chi connectivity index (χ1) is 5.24. The maximum atomic E-state index is 8.48. The predicted octanol–water partition coefficient (Wildman–Crippen LogP) is 2.09. The lowest BCUT2D eigenvalue weighted by Crippen LogP contribution is -1.73. The van der Waals surface area contributed by atoms with Crippen LogP contribution in [0, 0.1) is 22.7 Å². The topological polar surface area (TPSA) is 47.6 Å². The van der Waals surface area contributed by atoms with Gasteiger partial charge < -0.3 is 0 Å². The number of rotatable bonds is 2. The highest BCUT2D eigenvalue weighted by Gasteiger charge is 1.88. The molecule has 0 atom stereocenters. The fourth-order valence-corrected chi connectivity index (χ4v) is 0.517. The molecule has 0 spiro atoms. The Balaban J connectivity index is 4.55. The van der Waals surface area contributed by atoms with Gasteiger partial charge in [0.05, 0.1) is 17.7 Å². The molecule has 0 aliphatic heterocycles. The summed E-state index contributed by atoms with van der Waals surface area (Å²) in [7, 11) is 0. The summed E-state index contributed by atoms with van der Waals surface area (Å²) in [5.41, 5.74) is 0.735. The van der Waals surface area contributed by atoms with Gasteiger partial charge in [0.1, 0.15) is 0 Å². The van der Waals surface area contributed by atoms with E-state index in [0.29, 0.717) is 11.1 Å². The minimum absolute atomic E-state index is 0.291. The largest absolute Gasteiger partial charge is 0.192 e. The zero-order valence-corrected chi connectivity index (χ0v) is 6.33. The molecule has 2 nitrogen and oxygen atoms in total. The van der Waals surface area contributed by atoms with E-state index < -0.39 is 0 Å². The van der Waals surface area contributed by atoms with Gasteiger partial charge in [-0.1, -0.05) is 12.7 Å². The number of nitrogens with zero attached hydrogens (tertiary/aromatic N) is 2. The minimum Gasteiger partial charge on any atom is -0.192 e. The van der Waals surface area contributed by atoms with E-state index in [1.165, 1.54) is 6.08 Å². The van der Waals surface area contributed by atoms with Crippen molar-refractivity contribution in [2.24, 2.45) is 0 Å². The highest BCUT2D eigenvalue weighted by molar-refractivity contribution is 5.43. The highest BCUT2D eigenvalue weighted by Crippen LogP contribution is 1.99.